The number of amides is 1. The van der Waals surface area contributed by atoms with Gasteiger partial charge in [0.2, 0.25) is 0 Å². The van der Waals surface area contributed by atoms with Crippen molar-refractivity contribution in [3.8, 4) is 0 Å². The molecule has 1 aromatic carbocycles. The van der Waals surface area contributed by atoms with E-state index in [9.17, 15) is 9.59 Å². The maximum atomic E-state index is 12.0. The molecule has 3 aromatic rings. The van der Waals surface area contributed by atoms with Crippen LogP contribution in [0.25, 0.3) is 10.2 Å². The van der Waals surface area contributed by atoms with Crippen LogP contribution >= 0.6 is 23.1 Å². The topological polar surface area (TPSA) is 81.2 Å². The number of hydrogen-bond acceptors (Lipinski definition) is 7. The number of nitrogens with one attached hydrogen (secondary N) is 1. The summed E-state index contributed by atoms with van der Waals surface area (Å²) in [4.78, 5) is 34.8. The number of benzene rings is 1. The molecule has 0 aliphatic carbocycles. The van der Waals surface area contributed by atoms with Crippen molar-refractivity contribution in [3.05, 3.63) is 46.1 Å². The number of nitrogens with zero attached hydrogens (tertiary/aromatic N) is 2. The molecule has 2 aromatic heterocycles. The zero-order valence-electron chi connectivity index (χ0n) is 16.2. The second-order valence-electron chi connectivity index (χ2n) is 6.46. The van der Waals surface area contributed by atoms with E-state index in [1.165, 1.54) is 23.0 Å². The highest BCUT2D eigenvalue weighted by molar-refractivity contribution is 8.00. The molecule has 0 spiro atoms. The number of fused-ring (bicyclic) bond motifs is 1. The summed E-state index contributed by atoms with van der Waals surface area (Å²) in [5.41, 5.74) is 3.93. The first kappa shape index (κ1) is 20.3. The Morgan fingerprint density at radius 2 is 1.96 bits per heavy atom. The van der Waals surface area contributed by atoms with E-state index in [2.05, 4.69) is 15.3 Å². The molecule has 2 heterocycles. The standard InChI is InChI=1S/C20H21N3O3S2/c1-11-5-6-15(12(2)7-11)23-16(24)8-26-17(25)9-27-19-18-13(3)14(4)28-20(18)22-10-21-19/h5-7,10H,8-9H2,1-4H3,(H,23,24). The number of thioether (sulfide) groups is 1. The van der Waals surface area contributed by atoms with Crippen LogP contribution < -0.4 is 5.32 Å². The molecule has 146 valence electrons. The van der Waals surface area contributed by atoms with Crippen LogP contribution in [0, 0.1) is 27.7 Å². The van der Waals surface area contributed by atoms with Crippen molar-refractivity contribution in [2.24, 2.45) is 0 Å². The second-order valence-corrected chi connectivity index (χ2v) is 8.63. The molecule has 8 heteroatoms. The lowest BCUT2D eigenvalue weighted by Gasteiger charge is -2.09. The van der Waals surface area contributed by atoms with Gasteiger partial charge in [-0.3, -0.25) is 9.59 Å². The van der Waals surface area contributed by atoms with Gasteiger partial charge in [0.25, 0.3) is 5.91 Å². The van der Waals surface area contributed by atoms with E-state index in [1.54, 1.807) is 11.3 Å². The third-order valence-electron chi connectivity index (χ3n) is 4.28. The number of thiophene rings is 1. The smallest absolute Gasteiger partial charge is 0.316 e. The second kappa shape index (κ2) is 8.70. The molecule has 0 bridgehead atoms. The minimum atomic E-state index is -0.461. The third-order valence-corrected chi connectivity index (χ3v) is 6.36. The van der Waals surface area contributed by atoms with Crippen LogP contribution in [-0.2, 0) is 14.3 Å². The summed E-state index contributed by atoms with van der Waals surface area (Å²) < 4.78 is 5.10. The van der Waals surface area contributed by atoms with Gasteiger partial charge in [-0.25, -0.2) is 9.97 Å². The van der Waals surface area contributed by atoms with Crippen molar-refractivity contribution < 1.29 is 14.3 Å². The van der Waals surface area contributed by atoms with Gasteiger partial charge in [0.15, 0.2) is 6.61 Å². The van der Waals surface area contributed by atoms with Crippen molar-refractivity contribution in [1.82, 2.24) is 9.97 Å². The van der Waals surface area contributed by atoms with Gasteiger partial charge in [0.1, 0.15) is 16.2 Å². The number of esters is 1. The van der Waals surface area contributed by atoms with Crippen LogP contribution in [0.5, 0.6) is 0 Å². The van der Waals surface area contributed by atoms with Crippen LogP contribution in [0.2, 0.25) is 0 Å². The molecule has 1 N–H and O–H groups in total. The molecule has 0 saturated carbocycles. The summed E-state index contributed by atoms with van der Waals surface area (Å²) in [6, 6.07) is 5.74. The first-order valence-electron chi connectivity index (χ1n) is 8.71. The SMILES string of the molecule is Cc1ccc(NC(=O)COC(=O)CSc2ncnc3sc(C)c(C)c23)c(C)c1. The number of carbonyl (C=O) groups excluding carboxylic acids is 2. The van der Waals surface area contributed by atoms with E-state index in [1.807, 2.05) is 45.9 Å². The van der Waals surface area contributed by atoms with Gasteiger partial charge in [-0.2, -0.15) is 0 Å². The van der Waals surface area contributed by atoms with Crippen LogP contribution in [0.1, 0.15) is 21.6 Å². The molecule has 0 saturated heterocycles. The fourth-order valence-electron chi connectivity index (χ4n) is 2.71. The van der Waals surface area contributed by atoms with Gasteiger partial charge in [0, 0.05) is 16.0 Å². The fourth-order valence-corrected chi connectivity index (χ4v) is 4.63. The summed E-state index contributed by atoms with van der Waals surface area (Å²) in [5.74, 6) is -0.742. The zero-order chi connectivity index (χ0) is 20.3. The zero-order valence-corrected chi connectivity index (χ0v) is 17.8. The Bertz CT molecular complexity index is 1050. The number of carbonyl (C=O) groups is 2. The molecule has 0 aliphatic rings. The lowest BCUT2D eigenvalue weighted by atomic mass is 10.1. The highest BCUT2D eigenvalue weighted by Crippen LogP contribution is 2.34. The highest BCUT2D eigenvalue weighted by atomic mass is 32.2. The third kappa shape index (κ3) is 4.69. The lowest BCUT2D eigenvalue weighted by molar-refractivity contribution is -0.144. The Morgan fingerprint density at radius 1 is 1.18 bits per heavy atom. The minimum absolute atomic E-state index is 0.0806. The van der Waals surface area contributed by atoms with E-state index < -0.39 is 5.97 Å². The Hall–Kier alpha value is -2.45. The van der Waals surface area contributed by atoms with Crippen LogP contribution in [-0.4, -0.2) is 34.2 Å². The van der Waals surface area contributed by atoms with Crippen molar-refractivity contribution in [2.75, 3.05) is 17.7 Å². The van der Waals surface area contributed by atoms with Gasteiger partial charge < -0.3 is 10.1 Å². The van der Waals surface area contributed by atoms with Crippen molar-refractivity contribution in [1.29, 1.82) is 0 Å². The molecular formula is C20H21N3O3S2. The van der Waals surface area contributed by atoms with Gasteiger partial charge in [-0.05, 0) is 44.9 Å². The summed E-state index contributed by atoms with van der Waals surface area (Å²) >= 11 is 2.91. The molecule has 6 nitrogen and oxygen atoms in total. The van der Waals surface area contributed by atoms with E-state index >= 15 is 0 Å². The van der Waals surface area contributed by atoms with Crippen LogP contribution in [0.4, 0.5) is 5.69 Å². The number of anilines is 1. The molecule has 28 heavy (non-hydrogen) atoms. The molecule has 1 amide bonds. The number of aromatic nitrogens is 2. The van der Waals surface area contributed by atoms with Gasteiger partial charge in [0.05, 0.1) is 5.75 Å². The first-order valence-corrected chi connectivity index (χ1v) is 10.5. The van der Waals surface area contributed by atoms with Crippen LogP contribution in [0.15, 0.2) is 29.6 Å². The average molecular weight is 416 g/mol. The van der Waals surface area contributed by atoms with Gasteiger partial charge in [-0.15, -0.1) is 11.3 Å². The summed E-state index contributed by atoms with van der Waals surface area (Å²) in [5, 5.41) is 4.49. The molecule has 0 unspecified atom stereocenters. The molecule has 0 radical (unpaired) electrons. The molecule has 0 fully saturated rings. The molecule has 0 aliphatic heterocycles. The summed E-state index contributed by atoms with van der Waals surface area (Å²) in [6.07, 6.45) is 1.50. The van der Waals surface area contributed by atoms with Gasteiger partial charge >= 0.3 is 5.97 Å². The van der Waals surface area contributed by atoms with E-state index in [0.29, 0.717) is 5.69 Å². The lowest BCUT2D eigenvalue weighted by Crippen LogP contribution is -2.22. The Balaban J connectivity index is 1.53. The van der Waals surface area contributed by atoms with E-state index in [-0.39, 0.29) is 18.3 Å². The Labute approximate surface area is 171 Å². The first-order chi connectivity index (χ1) is 13.3. The Morgan fingerprint density at radius 3 is 2.71 bits per heavy atom. The van der Waals surface area contributed by atoms with E-state index in [4.69, 9.17) is 4.74 Å². The highest BCUT2D eigenvalue weighted by Gasteiger charge is 2.15. The van der Waals surface area contributed by atoms with Crippen molar-refractivity contribution in [2.45, 2.75) is 32.7 Å². The molecule has 3 rings (SSSR count). The minimum Gasteiger partial charge on any atom is -0.455 e. The predicted molar refractivity (Wildman–Crippen MR) is 113 cm³/mol. The number of hydrogen-bond donors (Lipinski definition) is 1. The number of ether oxygens (including phenoxy) is 1. The molecule has 0 atom stereocenters. The van der Waals surface area contributed by atoms with Crippen molar-refractivity contribution in [3.63, 3.8) is 0 Å². The summed E-state index contributed by atoms with van der Waals surface area (Å²) in [6.45, 7) is 7.66. The Kier molecular flexibility index (Phi) is 6.31. The fraction of sp³-hybridized carbons (Fsp3) is 0.300. The van der Waals surface area contributed by atoms with E-state index in [0.717, 1.165) is 31.9 Å². The number of aryl methyl sites for hydroxylation is 4. The quantitative estimate of drug-likeness (QED) is 0.369. The number of rotatable bonds is 6. The normalized spacial score (nSPS) is 10.9. The largest absolute Gasteiger partial charge is 0.455 e. The summed E-state index contributed by atoms with van der Waals surface area (Å²) in [7, 11) is 0. The maximum Gasteiger partial charge on any atom is 0.316 e. The van der Waals surface area contributed by atoms with Gasteiger partial charge in [-0.1, -0.05) is 29.5 Å². The monoisotopic (exact) mass is 415 g/mol. The maximum absolute atomic E-state index is 12.0. The van der Waals surface area contributed by atoms with Crippen LogP contribution in [0.3, 0.4) is 0 Å². The predicted octanol–water partition coefficient (Wildman–Crippen LogP) is 4.20. The molecular weight excluding hydrogens is 394 g/mol. The van der Waals surface area contributed by atoms with Crippen molar-refractivity contribution >= 4 is 50.9 Å². The average Bonchev–Trinajstić information content (AvgIpc) is 2.95.